The number of rotatable bonds is 6. The molecule has 0 spiro atoms. The molecular weight excluding hydrogens is 356 g/mol. The number of likely N-dealkylation sites (tertiary alicyclic amines) is 1. The van der Waals surface area contributed by atoms with Crippen LogP contribution in [0.3, 0.4) is 0 Å². The Bertz CT molecular complexity index is 785. The molecule has 6 heteroatoms. The summed E-state index contributed by atoms with van der Waals surface area (Å²) in [5.41, 5.74) is 3.03. The van der Waals surface area contributed by atoms with Gasteiger partial charge in [0.25, 0.3) is 0 Å². The number of carbonyl (C=O) groups is 1. The molecule has 0 aromatic carbocycles. The highest BCUT2D eigenvalue weighted by Crippen LogP contribution is 2.29. The molecule has 2 aromatic heterocycles. The predicted molar refractivity (Wildman–Crippen MR) is 112 cm³/mol. The maximum Gasteiger partial charge on any atom is 0.244 e. The second kappa shape index (κ2) is 8.85. The summed E-state index contributed by atoms with van der Waals surface area (Å²) in [5, 5.41) is 9.62. The smallest absolute Gasteiger partial charge is 0.244 e. The van der Waals surface area contributed by atoms with Crippen LogP contribution in [-0.4, -0.2) is 40.2 Å². The van der Waals surface area contributed by atoms with Crippen LogP contribution in [0.25, 0.3) is 6.08 Å². The Labute approximate surface area is 166 Å². The Kier molecular flexibility index (Phi) is 6.50. The van der Waals surface area contributed by atoms with E-state index in [4.69, 9.17) is 0 Å². The van der Waals surface area contributed by atoms with Crippen LogP contribution < -0.4 is 5.32 Å². The van der Waals surface area contributed by atoms with Crippen LogP contribution in [0.1, 0.15) is 47.6 Å². The first-order valence-corrected chi connectivity index (χ1v) is 10.6. The van der Waals surface area contributed by atoms with Gasteiger partial charge in [0, 0.05) is 35.8 Å². The van der Waals surface area contributed by atoms with E-state index in [2.05, 4.69) is 39.8 Å². The molecule has 1 aliphatic heterocycles. The van der Waals surface area contributed by atoms with Gasteiger partial charge in [0.15, 0.2) is 0 Å². The van der Waals surface area contributed by atoms with E-state index in [0.29, 0.717) is 6.54 Å². The van der Waals surface area contributed by atoms with Crippen molar-refractivity contribution in [2.75, 3.05) is 19.6 Å². The molecule has 0 aliphatic carbocycles. The Balaban J connectivity index is 1.63. The minimum atomic E-state index is -0.0513. The number of piperidine rings is 1. The molecule has 2 aromatic rings. The molecule has 1 amide bonds. The number of amides is 1. The van der Waals surface area contributed by atoms with Crippen LogP contribution in [-0.2, 0) is 11.8 Å². The van der Waals surface area contributed by atoms with Crippen molar-refractivity contribution in [3.63, 3.8) is 0 Å². The van der Waals surface area contributed by atoms with Gasteiger partial charge < -0.3 is 5.32 Å². The summed E-state index contributed by atoms with van der Waals surface area (Å²) in [6.07, 6.45) is 5.96. The van der Waals surface area contributed by atoms with Crippen molar-refractivity contribution in [2.24, 2.45) is 13.0 Å². The Morgan fingerprint density at radius 2 is 2.15 bits per heavy atom. The minimum absolute atomic E-state index is 0.0513. The lowest BCUT2D eigenvalue weighted by atomic mass is 9.97. The fourth-order valence-corrected chi connectivity index (χ4v) is 4.54. The number of carbonyl (C=O) groups excluding carboxylic acids is 1. The fraction of sp³-hybridized carbons (Fsp3) is 0.524. The second-order valence-corrected chi connectivity index (χ2v) is 8.52. The van der Waals surface area contributed by atoms with Gasteiger partial charge in [0.05, 0.1) is 11.7 Å². The Morgan fingerprint density at radius 3 is 2.74 bits per heavy atom. The molecule has 1 N–H and O–H groups in total. The topological polar surface area (TPSA) is 50.2 Å². The zero-order valence-corrected chi connectivity index (χ0v) is 17.6. The highest BCUT2D eigenvalue weighted by Gasteiger charge is 2.25. The molecular formula is C21H30N4OS. The van der Waals surface area contributed by atoms with E-state index < -0.39 is 0 Å². The summed E-state index contributed by atoms with van der Waals surface area (Å²) in [7, 11) is 1.92. The number of aromatic nitrogens is 2. The number of aryl methyl sites for hydroxylation is 2. The molecule has 1 aliphatic rings. The number of nitrogens with one attached hydrogen (secondary N) is 1. The molecule has 0 saturated carbocycles. The molecule has 0 radical (unpaired) electrons. The van der Waals surface area contributed by atoms with Crippen molar-refractivity contribution in [1.29, 1.82) is 0 Å². The first kappa shape index (κ1) is 19.8. The van der Waals surface area contributed by atoms with Crippen LogP contribution in [0.2, 0.25) is 0 Å². The summed E-state index contributed by atoms with van der Waals surface area (Å²) in [5.74, 6) is 0.748. The zero-order chi connectivity index (χ0) is 19.4. The molecule has 3 heterocycles. The average Bonchev–Trinajstić information content (AvgIpc) is 3.25. The van der Waals surface area contributed by atoms with Gasteiger partial charge in [-0.25, -0.2) is 0 Å². The third-order valence-corrected chi connectivity index (χ3v) is 6.54. The molecule has 146 valence electrons. The fourth-order valence-electron chi connectivity index (χ4n) is 3.68. The van der Waals surface area contributed by atoms with Crippen molar-refractivity contribution >= 4 is 23.3 Å². The molecule has 5 nitrogen and oxygen atoms in total. The molecule has 3 rings (SSSR count). The maximum atomic E-state index is 12.4. The lowest BCUT2D eigenvalue weighted by molar-refractivity contribution is -0.116. The largest absolute Gasteiger partial charge is 0.351 e. The number of thiophene rings is 1. The summed E-state index contributed by atoms with van der Waals surface area (Å²) < 4.78 is 1.84. The van der Waals surface area contributed by atoms with Gasteiger partial charge in [0.1, 0.15) is 0 Å². The van der Waals surface area contributed by atoms with E-state index in [1.165, 1.54) is 17.7 Å². The first-order chi connectivity index (χ1) is 13.0. The van der Waals surface area contributed by atoms with Crippen LogP contribution in [0.4, 0.5) is 0 Å². The van der Waals surface area contributed by atoms with E-state index in [9.17, 15) is 4.79 Å². The minimum Gasteiger partial charge on any atom is -0.351 e. The van der Waals surface area contributed by atoms with Gasteiger partial charge in [-0.15, -0.1) is 11.3 Å². The van der Waals surface area contributed by atoms with Gasteiger partial charge in [-0.1, -0.05) is 13.0 Å². The van der Waals surface area contributed by atoms with Crippen LogP contribution in [0.15, 0.2) is 23.6 Å². The van der Waals surface area contributed by atoms with Gasteiger partial charge in [-0.05, 0) is 63.2 Å². The molecule has 0 bridgehead atoms. The van der Waals surface area contributed by atoms with Crippen LogP contribution in [0.5, 0.6) is 0 Å². The Hall–Kier alpha value is -1.92. The van der Waals surface area contributed by atoms with Crippen molar-refractivity contribution < 1.29 is 4.79 Å². The van der Waals surface area contributed by atoms with E-state index in [0.717, 1.165) is 36.0 Å². The van der Waals surface area contributed by atoms with Crippen molar-refractivity contribution in [1.82, 2.24) is 20.0 Å². The molecule has 1 unspecified atom stereocenters. The highest BCUT2D eigenvalue weighted by molar-refractivity contribution is 7.10. The molecule has 1 fully saturated rings. The van der Waals surface area contributed by atoms with Crippen LogP contribution >= 0.6 is 11.3 Å². The van der Waals surface area contributed by atoms with Crippen molar-refractivity contribution in [3.8, 4) is 0 Å². The predicted octanol–water partition coefficient (Wildman–Crippen LogP) is 3.70. The second-order valence-electron chi connectivity index (χ2n) is 7.54. The summed E-state index contributed by atoms with van der Waals surface area (Å²) in [4.78, 5) is 16.3. The van der Waals surface area contributed by atoms with Crippen molar-refractivity contribution in [2.45, 2.75) is 39.7 Å². The van der Waals surface area contributed by atoms with E-state index in [1.807, 2.05) is 31.7 Å². The van der Waals surface area contributed by atoms with Gasteiger partial charge in [-0.2, -0.15) is 5.10 Å². The summed E-state index contributed by atoms with van der Waals surface area (Å²) >= 11 is 1.77. The quantitative estimate of drug-likeness (QED) is 0.770. The standard InChI is InChI=1S/C21H30N4OS/c1-15-9-11-25(12-10-15)19(20-6-5-13-27-20)14-22-21(26)8-7-18-16(2)23-24(4)17(18)3/h5-8,13,15,19H,9-12,14H2,1-4H3,(H,22,26). The Morgan fingerprint density at radius 1 is 1.41 bits per heavy atom. The third kappa shape index (κ3) is 4.87. The maximum absolute atomic E-state index is 12.4. The molecule has 1 atom stereocenters. The number of nitrogens with zero attached hydrogens (tertiary/aromatic N) is 3. The average molecular weight is 387 g/mol. The lowest BCUT2D eigenvalue weighted by Crippen LogP contribution is -2.41. The third-order valence-electron chi connectivity index (χ3n) is 5.57. The molecule has 1 saturated heterocycles. The van der Waals surface area contributed by atoms with Gasteiger partial charge in [0.2, 0.25) is 5.91 Å². The number of hydrogen-bond acceptors (Lipinski definition) is 4. The molecule has 27 heavy (non-hydrogen) atoms. The van der Waals surface area contributed by atoms with Gasteiger partial charge in [-0.3, -0.25) is 14.4 Å². The normalized spacial score (nSPS) is 17.5. The van der Waals surface area contributed by atoms with Gasteiger partial charge >= 0.3 is 0 Å². The highest BCUT2D eigenvalue weighted by atomic mass is 32.1. The SMILES string of the molecule is Cc1nn(C)c(C)c1C=CC(=O)NCC(c1cccs1)N1CCC(C)CC1. The number of hydrogen-bond donors (Lipinski definition) is 1. The monoisotopic (exact) mass is 386 g/mol. The zero-order valence-electron chi connectivity index (χ0n) is 16.7. The first-order valence-electron chi connectivity index (χ1n) is 9.69. The van der Waals surface area contributed by atoms with E-state index >= 15 is 0 Å². The van der Waals surface area contributed by atoms with E-state index in [1.54, 1.807) is 17.4 Å². The summed E-state index contributed by atoms with van der Waals surface area (Å²) in [6, 6.07) is 4.53. The lowest BCUT2D eigenvalue weighted by Gasteiger charge is -2.36. The van der Waals surface area contributed by atoms with Crippen molar-refractivity contribution in [3.05, 3.63) is 45.4 Å². The summed E-state index contributed by atoms with van der Waals surface area (Å²) in [6.45, 7) is 9.15. The van der Waals surface area contributed by atoms with E-state index in [-0.39, 0.29) is 11.9 Å². The van der Waals surface area contributed by atoms with Crippen LogP contribution in [0, 0.1) is 19.8 Å².